The lowest BCUT2D eigenvalue weighted by atomic mass is 9.97. The molecule has 0 spiro atoms. The number of carbonyl (C=O) groups is 2. The molecule has 2 unspecified atom stereocenters. The van der Waals surface area contributed by atoms with Crippen LogP contribution in [-0.2, 0) is 28.5 Å². The molecule has 3 aromatic carbocycles. The summed E-state index contributed by atoms with van der Waals surface area (Å²) in [6, 6.07) is 12.5. The van der Waals surface area contributed by atoms with Gasteiger partial charge in [-0.25, -0.2) is 0 Å². The lowest BCUT2D eigenvalue weighted by Crippen LogP contribution is -2.30. The van der Waals surface area contributed by atoms with Crippen molar-refractivity contribution in [3.8, 4) is 11.5 Å². The molecule has 0 aliphatic carbocycles. The second kappa shape index (κ2) is 29.8. The van der Waals surface area contributed by atoms with E-state index < -0.39 is 12.2 Å². The summed E-state index contributed by atoms with van der Waals surface area (Å²) < 4.78 is 37.6. The molecule has 8 heteroatoms. The minimum Gasteiger partial charge on any atom is -0.488 e. The zero-order valence-electron chi connectivity index (χ0n) is 37.3. The maximum atomic E-state index is 12.9. The van der Waals surface area contributed by atoms with Gasteiger partial charge in [-0.3, -0.25) is 9.59 Å². The number of hydrogen-bond acceptors (Lipinski definition) is 8. The first-order valence-electron chi connectivity index (χ1n) is 23.1. The molecule has 0 bridgehead atoms. The van der Waals surface area contributed by atoms with E-state index in [1.807, 2.05) is 0 Å². The number of carbonyl (C=O) groups excluding carboxylic acids is 2. The maximum Gasteiger partial charge on any atom is 0.306 e. The average Bonchev–Trinajstić information content (AvgIpc) is 3.20. The highest BCUT2D eigenvalue weighted by atomic mass is 16.6. The molecule has 2 atom stereocenters. The fourth-order valence-electron chi connectivity index (χ4n) is 7.20. The van der Waals surface area contributed by atoms with E-state index in [2.05, 4.69) is 77.9 Å². The van der Waals surface area contributed by atoms with Gasteiger partial charge >= 0.3 is 11.9 Å². The van der Waals surface area contributed by atoms with Gasteiger partial charge in [0.2, 0.25) is 0 Å². The van der Waals surface area contributed by atoms with Gasteiger partial charge in [0.05, 0.1) is 13.2 Å². The van der Waals surface area contributed by atoms with Gasteiger partial charge in [-0.15, -0.1) is 0 Å². The van der Waals surface area contributed by atoms with Crippen molar-refractivity contribution in [3.05, 3.63) is 47.5 Å². The summed E-state index contributed by atoms with van der Waals surface area (Å²) >= 11 is 0. The van der Waals surface area contributed by atoms with Crippen LogP contribution in [-0.4, -0.2) is 63.8 Å². The monoisotopic (exact) mass is 807 g/mol. The summed E-state index contributed by atoms with van der Waals surface area (Å²) in [5, 5.41) is 3.60. The van der Waals surface area contributed by atoms with Crippen molar-refractivity contribution < 1.29 is 38.0 Å². The molecule has 0 N–H and O–H groups in total. The van der Waals surface area contributed by atoms with Crippen LogP contribution in [0.4, 0.5) is 0 Å². The molecule has 0 saturated carbocycles. The number of unbranched alkanes of at least 4 members (excludes halogenated alkanes) is 14. The summed E-state index contributed by atoms with van der Waals surface area (Å²) in [5.74, 6) is 0.994. The minimum absolute atomic E-state index is 0.161. The predicted molar refractivity (Wildman–Crippen MR) is 238 cm³/mol. The molecule has 0 fully saturated rings. The molecule has 58 heavy (non-hydrogen) atoms. The minimum atomic E-state index is -0.547. The average molecular weight is 807 g/mol. The van der Waals surface area contributed by atoms with E-state index in [0.29, 0.717) is 37.6 Å². The first kappa shape index (κ1) is 49.0. The van der Waals surface area contributed by atoms with E-state index >= 15 is 0 Å². The van der Waals surface area contributed by atoms with Crippen LogP contribution in [0.2, 0.25) is 0 Å². The lowest BCUT2D eigenvalue weighted by Gasteiger charge is -2.23. The Hall–Kier alpha value is -3.36. The first-order valence-corrected chi connectivity index (χ1v) is 23.1. The van der Waals surface area contributed by atoms with E-state index in [9.17, 15) is 9.59 Å². The number of rotatable bonds is 34. The number of fused-ring (bicyclic) bond motifs is 2. The Balaban J connectivity index is 1.85. The molecule has 0 saturated heterocycles. The Labute approximate surface area is 351 Å². The van der Waals surface area contributed by atoms with Crippen LogP contribution in [0.3, 0.4) is 0 Å². The van der Waals surface area contributed by atoms with Crippen LogP contribution in [0.25, 0.3) is 21.5 Å². The Bertz CT molecular complexity index is 1470. The molecule has 0 heterocycles. The van der Waals surface area contributed by atoms with Crippen LogP contribution in [0, 0.1) is 13.8 Å². The third kappa shape index (κ3) is 18.7. The summed E-state index contributed by atoms with van der Waals surface area (Å²) in [5.41, 5.74) is 2.16. The van der Waals surface area contributed by atoms with E-state index in [4.69, 9.17) is 28.4 Å². The van der Waals surface area contributed by atoms with E-state index in [-0.39, 0.29) is 38.4 Å². The van der Waals surface area contributed by atoms with Gasteiger partial charge in [0.15, 0.2) is 12.2 Å². The van der Waals surface area contributed by atoms with E-state index in [1.165, 1.54) is 51.4 Å². The normalized spacial score (nSPS) is 12.5. The van der Waals surface area contributed by atoms with Gasteiger partial charge < -0.3 is 28.4 Å². The predicted octanol–water partition coefficient (Wildman–Crippen LogP) is 13.1. The van der Waals surface area contributed by atoms with Gasteiger partial charge in [0, 0.05) is 47.6 Å². The third-order valence-corrected chi connectivity index (χ3v) is 10.6. The molecule has 0 aromatic heterocycles. The van der Waals surface area contributed by atoms with Crippen molar-refractivity contribution >= 4 is 33.5 Å². The fraction of sp³-hybridized carbons (Fsp3) is 0.680. The number of aryl methyl sites for hydroxylation is 2. The van der Waals surface area contributed by atoms with E-state index in [1.54, 1.807) is 0 Å². The summed E-state index contributed by atoms with van der Waals surface area (Å²) in [6.07, 6.45) is 19.5. The van der Waals surface area contributed by atoms with Crippen LogP contribution in [0.5, 0.6) is 11.5 Å². The third-order valence-electron chi connectivity index (χ3n) is 10.6. The standard InChI is InChI=1S/C50H78O8/c1-7-11-15-17-19-23-31-53-35-41(57-47(51)25-21-13-9-3)37-55-49-43-29-27-40(6)34-46(43)50(44-30-28-39(5)33-45(44)49)56-38-42(58-48(52)26-22-14-10-4)36-54-32-24-20-18-16-12-8-2/h27-30,33-34,41-42H,7-26,31-32,35-38H2,1-6H3. The SMILES string of the molecule is CCCCCCCCOCC(COc1c2ccc(C)cc2c(OCC(COCCCCCCCC)OC(=O)CCCCC)c2ccc(C)cc12)OC(=O)CCCCC. The number of ether oxygens (including phenoxy) is 6. The van der Waals surface area contributed by atoms with Crippen molar-refractivity contribution in [2.45, 2.75) is 182 Å². The van der Waals surface area contributed by atoms with Crippen molar-refractivity contribution in [1.29, 1.82) is 0 Å². The molecule has 0 aliphatic heterocycles. The van der Waals surface area contributed by atoms with Crippen molar-refractivity contribution in [2.24, 2.45) is 0 Å². The molecule has 0 aliphatic rings. The fourth-order valence-corrected chi connectivity index (χ4v) is 7.20. The summed E-state index contributed by atoms with van der Waals surface area (Å²) in [4.78, 5) is 25.9. The van der Waals surface area contributed by atoms with Crippen LogP contribution in [0.15, 0.2) is 36.4 Å². The molecule has 326 valence electrons. The van der Waals surface area contributed by atoms with Crippen molar-refractivity contribution in [3.63, 3.8) is 0 Å². The van der Waals surface area contributed by atoms with Crippen LogP contribution < -0.4 is 9.47 Å². The van der Waals surface area contributed by atoms with Gasteiger partial charge in [-0.05, 0) is 51.7 Å². The Kier molecular flexibility index (Phi) is 25.2. The zero-order chi connectivity index (χ0) is 41.8. The Morgan fingerprint density at radius 2 is 0.810 bits per heavy atom. The van der Waals surface area contributed by atoms with Crippen LogP contribution >= 0.6 is 0 Å². The topological polar surface area (TPSA) is 89.5 Å². The lowest BCUT2D eigenvalue weighted by molar-refractivity contribution is -0.155. The summed E-state index contributed by atoms with van der Waals surface area (Å²) in [7, 11) is 0. The number of esters is 2. The number of hydrogen-bond donors (Lipinski definition) is 0. The van der Waals surface area contributed by atoms with Gasteiger partial charge in [-0.1, -0.05) is 153 Å². The highest BCUT2D eigenvalue weighted by Crippen LogP contribution is 2.44. The van der Waals surface area contributed by atoms with E-state index in [0.717, 1.165) is 96.9 Å². The van der Waals surface area contributed by atoms with Crippen molar-refractivity contribution in [2.75, 3.05) is 39.6 Å². The summed E-state index contributed by atoms with van der Waals surface area (Å²) in [6.45, 7) is 15.0. The highest BCUT2D eigenvalue weighted by Gasteiger charge is 2.23. The molecule has 3 aromatic rings. The quantitative estimate of drug-likeness (QED) is 0.0335. The Morgan fingerprint density at radius 1 is 0.448 bits per heavy atom. The van der Waals surface area contributed by atoms with Gasteiger partial charge in [0.1, 0.15) is 24.7 Å². The van der Waals surface area contributed by atoms with Gasteiger partial charge in [-0.2, -0.15) is 0 Å². The second-order valence-electron chi connectivity index (χ2n) is 16.2. The maximum absolute atomic E-state index is 12.9. The zero-order valence-corrected chi connectivity index (χ0v) is 37.3. The van der Waals surface area contributed by atoms with Gasteiger partial charge in [0.25, 0.3) is 0 Å². The Morgan fingerprint density at radius 3 is 1.21 bits per heavy atom. The largest absolute Gasteiger partial charge is 0.488 e. The first-order chi connectivity index (χ1) is 28.3. The second-order valence-corrected chi connectivity index (χ2v) is 16.2. The molecule has 8 nitrogen and oxygen atoms in total. The molecular weight excluding hydrogens is 729 g/mol. The van der Waals surface area contributed by atoms with Crippen LogP contribution in [0.1, 0.15) is 167 Å². The molecule has 0 radical (unpaired) electrons. The molecule has 0 amide bonds. The van der Waals surface area contributed by atoms with Crippen molar-refractivity contribution in [1.82, 2.24) is 0 Å². The molecular formula is C50H78O8. The smallest absolute Gasteiger partial charge is 0.306 e. The highest BCUT2D eigenvalue weighted by molar-refractivity contribution is 6.11. The number of benzene rings is 3. The molecule has 3 rings (SSSR count).